The van der Waals surface area contributed by atoms with E-state index in [2.05, 4.69) is 15.6 Å². The van der Waals surface area contributed by atoms with Crippen molar-refractivity contribution in [3.8, 4) is 0 Å². The van der Waals surface area contributed by atoms with Gasteiger partial charge in [-0.15, -0.1) is 22.0 Å². The summed E-state index contributed by atoms with van der Waals surface area (Å²) in [5.41, 5.74) is 2.79. The zero-order valence-corrected chi connectivity index (χ0v) is 12.3. The molecule has 0 saturated heterocycles. The first kappa shape index (κ1) is 12.7. The van der Waals surface area contributed by atoms with Crippen LogP contribution in [-0.2, 0) is 4.79 Å². The Kier molecular flexibility index (Phi) is 3.02. The van der Waals surface area contributed by atoms with Gasteiger partial charge in [-0.3, -0.25) is 10.2 Å². The predicted octanol–water partition coefficient (Wildman–Crippen LogP) is 2.05. The van der Waals surface area contributed by atoms with E-state index in [-0.39, 0.29) is 5.91 Å². The maximum Gasteiger partial charge on any atom is 0.248 e. The van der Waals surface area contributed by atoms with Crippen molar-refractivity contribution in [2.45, 2.75) is 43.3 Å². The fourth-order valence-corrected chi connectivity index (χ4v) is 6.42. The zero-order chi connectivity index (χ0) is 13.6. The molecule has 1 N–H and O–H groups in total. The topological polar surface area (TPSA) is 59.8 Å². The molecular weight excluding hydrogens is 272 g/mol. The average molecular weight is 292 g/mol. The molecule has 1 amide bonds. The number of amides is 1. The Balaban J connectivity index is 1.36. The maximum atomic E-state index is 12.0. The molecule has 1 aromatic rings. The van der Waals surface area contributed by atoms with Crippen LogP contribution in [-0.4, -0.2) is 31.3 Å². The number of carbonyl (C=O) groups excluding carboxylic acids is 1. The first-order chi connectivity index (χ1) is 9.71. The fraction of sp³-hybridized carbons (Fsp3) is 0.786. The van der Waals surface area contributed by atoms with E-state index in [9.17, 15) is 4.79 Å². The molecule has 20 heavy (non-hydrogen) atoms. The third-order valence-corrected chi connectivity index (χ3v) is 6.68. The van der Waals surface area contributed by atoms with Crippen molar-refractivity contribution in [1.29, 1.82) is 0 Å². The van der Waals surface area contributed by atoms with Gasteiger partial charge in [0.05, 0.1) is 5.75 Å². The largest absolute Gasteiger partial charge is 0.272 e. The smallest absolute Gasteiger partial charge is 0.248 e. The fourth-order valence-electron chi connectivity index (χ4n) is 4.86. The SMILES string of the molecule is O=C(CSC12CC3CC(CC(C3)C1)C2)Nn1cnnc1. The Morgan fingerprint density at radius 3 is 2.25 bits per heavy atom. The highest BCUT2D eigenvalue weighted by atomic mass is 32.2. The van der Waals surface area contributed by atoms with E-state index in [1.165, 1.54) is 55.9 Å². The van der Waals surface area contributed by atoms with E-state index in [0.717, 1.165) is 17.8 Å². The van der Waals surface area contributed by atoms with Crippen molar-refractivity contribution in [2.75, 3.05) is 11.2 Å². The monoisotopic (exact) mass is 292 g/mol. The lowest BCUT2D eigenvalue weighted by molar-refractivity contribution is -0.114. The zero-order valence-electron chi connectivity index (χ0n) is 11.5. The number of thioether (sulfide) groups is 1. The average Bonchev–Trinajstić information content (AvgIpc) is 2.88. The van der Waals surface area contributed by atoms with E-state index in [1.807, 2.05) is 11.8 Å². The van der Waals surface area contributed by atoms with Gasteiger partial charge in [0.25, 0.3) is 0 Å². The second-order valence-corrected chi connectivity index (χ2v) is 8.24. The molecule has 108 valence electrons. The Bertz CT molecular complexity index is 466. The standard InChI is InChI=1S/C14H20N4OS/c19-13(17-18-8-15-16-9-18)7-20-14-4-10-1-11(5-14)3-12(2-10)6-14/h8-12H,1-7H2,(H,17,19). The number of nitrogens with zero attached hydrogens (tertiary/aromatic N) is 3. The molecule has 4 aliphatic carbocycles. The van der Waals surface area contributed by atoms with Crippen molar-refractivity contribution in [1.82, 2.24) is 14.9 Å². The maximum absolute atomic E-state index is 12.0. The molecule has 5 nitrogen and oxygen atoms in total. The van der Waals surface area contributed by atoms with Gasteiger partial charge in [-0.25, -0.2) is 4.68 Å². The molecule has 4 fully saturated rings. The third-order valence-electron chi connectivity index (χ3n) is 5.16. The van der Waals surface area contributed by atoms with Gasteiger partial charge in [0.1, 0.15) is 12.7 Å². The predicted molar refractivity (Wildman–Crippen MR) is 77.8 cm³/mol. The third kappa shape index (κ3) is 2.34. The molecule has 1 aromatic heterocycles. The highest BCUT2D eigenvalue weighted by Crippen LogP contribution is 2.60. The Hall–Kier alpha value is -1.04. The second-order valence-electron chi connectivity index (χ2n) is 6.79. The van der Waals surface area contributed by atoms with Gasteiger partial charge in [0, 0.05) is 4.75 Å². The molecule has 1 heterocycles. The van der Waals surface area contributed by atoms with Crippen molar-refractivity contribution in [3.63, 3.8) is 0 Å². The summed E-state index contributed by atoms with van der Waals surface area (Å²) in [6.45, 7) is 0. The summed E-state index contributed by atoms with van der Waals surface area (Å²) in [6, 6.07) is 0. The molecule has 0 atom stereocenters. The minimum atomic E-state index is 0.0468. The van der Waals surface area contributed by atoms with Crippen LogP contribution in [0.5, 0.6) is 0 Å². The van der Waals surface area contributed by atoms with Crippen LogP contribution in [0.3, 0.4) is 0 Å². The minimum Gasteiger partial charge on any atom is -0.272 e. The van der Waals surface area contributed by atoms with Crippen LogP contribution < -0.4 is 5.43 Å². The van der Waals surface area contributed by atoms with E-state index in [0.29, 0.717) is 10.5 Å². The number of carbonyl (C=O) groups is 1. The molecule has 5 rings (SSSR count). The number of aromatic nitrogens is 3. The minimum absolute atomic E-state index is 0.0468. The molecule has 0 aliphatic heterocycles. The van der Waals surface area contributed by atoms with Gasteiger partial charge in [-0.2, -0.15) is 0 Å². The number of nitrogens with one attached hydrogen (secondary N) is 1. The quantitative estimate of drug-likeness (QED) is 0.922. The lowest BCUT2D eigenvalue weighted by atomic mass is 9.56. The Morgan fingerprint density at radius 2 is 1.70 bits per heavy atom. The molecule has 0 spiro atoms. The molecule has 4 bridgehead atoms. The first-order valence-electron chi connectivity index (χ1n) is 7.49. The van der Waals surface area contributed by atoms with Crippen molar-refractivity contribution < 1.29 is 4.79 Å². The van der Waals surface area contributed by atoms with Crippen LogP contribution in [0.25, 0.3) is 0 Å². The molecule has 4 saturated carbocycles. The highest BCUT2D eigenvalue weighted by Gasteiger charge is 2.51. The number of hydrogen-bond donors (Lipinski definition) is 1. The lowest BCUT2D eigenvalue weighted by Gasteiger charge is -2.56. The van der Waals surface area contributed by atoms with Gasteiger partial charge >= 0.3 is 0 Å². The van der Waals surface area contributed by atoms with E-state index in [1.54, 1.807) is 0 Å². The summed E-state index contributed by atoms with van der Waals surface area (Å²) in [5.74, 6) is 3.41. The van der Waals surface area contributed by atoms with Gasteiger partial charge < -0.3 is 0 Å². The lowest BCUT2D eigenvalue weighted by Crippen LogP contribution is -2.49. The van der Waals surface area contributed by atoms with E-state index in [4.69, 9.17) is 0 Å². The Labute approximate surface area is 122 Å². The van der Waals surface area contributed by atoms with E-state index < -0.39 is 0 Å². The summed E-state index contributed by atoms with van der Waals surface area (Å²) in [6.07, 6.45) is 11.4. The van der Waals surface area contributed by atoms with Gasteiger partial charge in [0.15, 0.2) is 0 Å². The summed E-state index contributed by atoms with van der Waals surface area (Å²) in [4.78, 5) is 12.0. The first-order valence-corrected chi connectivity index (χ1v) is 8.48. The summed E-state index contributed by atoms with van der Waals surface area (Å²) < 4.78 is 1.92. The van der Waals surface area contributed by atoms with Crippen LogP contribution in [0.1, 0.15) is 38.5 Å². The molecule has 0 unspecified atom stereocenters. The summed E-state index contributed by atoms with van der Waals surface area (Å²) in [7, 11) is 0. The molecule has 6 heteroatoms. The van der Waals surface area contributed by atoms with Gasteiger partial charge in [0.2, 0.25) is 5.91 Å². The van der Waals surface area contributed by atoms with E-state index >= 15 is 0 Å². The van der Waals surface area contributed by atoms with Crippen LogP contribution >= 0.6 is 11.8 Å². The molecule has 4 aliphatic rings. The normalized spacial score (nSPS) is 38.1. The number of hydrogen-bond acceptors (Lipinski definition) is 4. The van der Waals surface area contributed by atoms with Gasteiger partial charge in [-0.05, 0) is 56.3 Å². The highest BCUT2D eigenvalue weighted by molar-refractivity contribution is 8.01. The Morgan fingerprint density at radius 1 is 1.15 bits per heavy atom. The van der Waals surface area contributed by atoms with Crippen molar-refractivity contribution in [3.05, 3.63) is 12.7 Å². The van der Waals surface area contributed by atoms with Crippen molar-refractivity contribution in [2.24, 2.45) is 17.8 Å². The molecule has 0 aromatic carbocycles. The molecular formula is C14H20N4OS. The summed E-state index contributed by atoms with van der Waals surface area (Å²) >= 11 is 1.90. The number of rotatable bonds is 4. The molecule has 0 radical (unpaired) electrons. The van der Waals surface area contributed by atoms with Crippen LogP contribution in [0.15, 0.2) is 12.7 Å². The van der Waals surface area contributed by atoms with Gasteiger partial charge in [-0.1, -0.05) is 0 Å². The van der Waals surface area contributed by atoms with Crippen LogP contribution in [0.4, 0.5) is 0 Å². The second kappa shape index (κ2) is 4.76. The van der Waals surface area contributed by atoms with Crippen molar-refractivity contribution >= 4 is 17.7 Å². The van der Waals surface area contributed by atoms with Crippen LogP contribution in [0, 0.1) is 17.8 Å². The van der Waals surface area contributed by atoms with Crippen LogP contribution in [0.2, 0.25) is 0 Å². The summed E-state index contributed by atoms with van der Waals surface area (Å²) in [5, 5.41) is 7.36.